The van der Waals surface area contributed by atoms with E-state index >= 15 is 0 Å². The predicted octanol–water partition coefficient (Wildman–Crippen LogP) is 3.18. The second kappa shape index (κ2) is 9.74. The molecule has 2 amide bonds. The predicted molar refractivity (Wildman–Crippen MR) is 116 cm³/mol. The maximum absolute atomic E-state index is 13.5. The molecule has 1 saturated heterocycles. The molecule has 3 aliphatic carbocycles. The van der Waals surface area contributed by atoms with Gasteiger partial charge in [-0.25, -0.2) is 4.39 Å². The van der Waals surface area contributed by atoms with Crippen molar-refractivity contribution in [3.63, 3.8) is 0 Å². The Balaban J connectivity index is 1.15. The van der Waals surface area contributed by atoms with Gasteiger partial charge in [0.15, 0.2) is 6.61 Å². The van der Waals surface area contributed by atoms with Crippen molar-refractivity contribution in [3.8, 4) is 5.75 Å². The molecule has 6 nitrogen and oxygen atoms in total. The summed E-state index contributed by atoms with van der Waals surface area (Å²) in [5.74, 6) is -0.117. The van der Waals surface area contributed by atoms with Crippen LogP contribution in [0.4, 0.5) is 4.39 Å². The molecule has 3 N–H and O–H groups in total. The maximum atomic E-state index is 13.5. The highest BCUT2D eigenvalue weighted by Gasteiger charge is 2.60. The normalized spacial score (nSPS) is 29.2. The molecule has 2 atom stereocenters. The Bertz CT molecular complexity index is 809. The van der Waals surface area contributed by atoms with Crippen LogP contribution in [-0.2, 0) is 9.59 Å². The van der Waals surface area contributed by atoms with E-state index in [1.807, 2.05) is 0 Å². The van der Waals surface area contributed by atoms with E-state index in [1.165, 1.54) is 31.4 Å². The third-order valence-electron chi connectivity index (χ3n) is 7.00. The molecule has 0 aromatic heterocycles. The van der Waals surface area contributed by atoms with Crippen LogP contribution in [0.3, 0.4) is 0 Å². The largest absolute Gasteiger partial charge is 0.484 e. The van der Waals surface area contributed by atoms with Gasteiger partial charge in [0.25, 0.3) is 5.91 Å². The minimum absolute atomic E-state index is 0.00440. The van der Waals surface area contributed by atoms with E-state index in [0.29, 0.717) is 24.9 Å². The number of piperidine rings is 1. The van der Waals surface area contributed by atoms with Gasteiger partial charge in [-0.05, 0) is 69.5 Å². The maximum Gasteiger partial charge on any atom is 0.258 e. The fraction of sp³-hybridized carbons (Fsp3) is 0.652. The van der Waals surface area contributed by atoms with Gasteiger partial charge in [-0.1, -0.05) is 18.0 Å². The molecule has 1 aromatic rings. The Labute approximate surface area is 187 Å². The lowest BCUT2D eigenvalue weighted by molar-refractivity contribution is -0.134. The Kier molecular flexibility index (Phi) is 7.02. The average molecular weight is 452 g/mol. The van der Waals surface area contributed by atoms with E-state index in [9.17, 15) is 14.0 Å². The number of halogens is 2. The summed E-state index contributed by atoms with van der Waals surface area (Å²) in [6.45, 7) is 1.63. The summed E-state index contributed by atoms with van der Waals surface area (Å²) < 4.78 is 18.8. The molecule has 1 aliphatic heterocycles. The van der Waals surface area contributed by atoms with Gasteiger partial charge in [-0.15, -0.1) is 0 Å². The van der Waals surface area contributed by atoms with Crippen LogP contribution in [0, 0.1) is 17.2 Å². The van der Waals surface area contributed by atoms with Gasteiger partial charge in [-0.2, -0.15) is 0 Å². The van der Waals surface area contributed by atoms with Gasteiger partial charge in [-0.3, -0.25) is 9.59 Å². The average Bonchev–Trinajstić information content (AvgIpc) is 3.28. The van der Waals surface area contributed by atoms with Crippen molar-refractivity contribution >= 4 is 23.4 Å². The molecule has 170 valence electrons. The van der Waals surface area contributed by atoms with Gasteiger partial charge in [0.2, 0.25) is 5.91 Å². The summed E-state index contributed by atoms with van der Waals surface area (Å²) in [5.41, 5.74) is -0.328. The Morgan fingerprint density at radius 2 is 2.10 bits per heavy atom. The quantitative estimate of drug-likeness (QED) is 0.504. The number of hydrogen-bond donors (Lipinski definition) is 3. The Morgan fingerprint density at radius 1 is 1.26 bits per heavy atom. The molecular formula is C23H31ClFN3O3. The number of fused-ring (bicyclic) bond motifs is 1. The fourth-order valence-corrected chi connectivity index (χ4v) is 5.42. The van der Waals surface area contributed by atoms with Gasteiger partial charge in [0.1, 0.15) is 11.6 Å². The third-order valence-corrected chi connectivity index (χ3v) is 7.31. The molecule has 2 bridgehead atoms. The smallest absolute Gasteiger partial charge is 0.258 e. The van der Waals surface area contributed by atoms with Crippen molar-refractivity contribution in [2.45, 2.75) is 63.5 Å². The van der Waals surface area contributed by atoms with Gasteiger partial charge >= 0.3 is 0 Å². The number of rotatable bonds is 9. The van der Waals surface area contributed by atoms with Crippen molar-refractivity contribution in [2.75, 3.05) is 19.7 Å². The zero-order chi connectivity index (χ0) is 21.8. The standard InChI is InChI=1S/C23H31ClFN3O3/c24-18-7-6-17(10-19(18)25)31-14-21(29)28-20-13-23(11-15(20)12-23)22(30)27-9-3-5-16-4-1-2-8-26-16/h6-7,10,15-16,20,26H,1-5,8-9,11-14H2,(H,27,30)(H,28,29). The summed E-state index contributed by atoms with van der Waals surface area (Å²) in [7, 11) is 0. The lowest BCUT2D eigenvalue weighted by Crippen LogP contribution is -2.45. The molecule has 5 rings (SSSR count). The number of benzene rings is 1. The van der Waals surface area contributed by atoms with E-state index in [2.05, 4.69) is 16.0 Å². The van der Waals surface area contributed by atoms with Crippen LogP contribution in [0.5, 0.6) is 5.75 Å². The van der Waals surface area contributed by atoms with Gasteiger partial charge in [0.05, 0.1) is 10.4 Å². The highest BCUT2D eigenvalue weighted by Crippen LogP contribution is 2.58. The van der Waals surface area contributed by atoms with Crippen LogP contribution < -0.4 is 20.7 Å². The Hall–Kier alpha value is -1.86. The number of carbonyl (C=O) groups excluding carboxylic acids is 2. The zero-order valence-electron chi connectivity index (χ0n) is 17.7. The molecule has 31 heavy (non-hydrogen) atoms. The van der Waals surface area contributed by atoms with E-state index < -0.39 is 5.82 Å². The minimum Gasteiger partial charge on any atom is -0.484 e. The van der Waals surface area contributed by atoms with Crippen molar-refractivity contribution < 1.29 is 18.7 Å². The van der Waals surface area contributed by atoms with Crippen molar-refractivity contribution in [1.29, 1.82) is 0 Å². The van der Waals surface area contributed by atoms with Crippen molar-refractivity contribution in [1.82, 2.24) is 16.0 Å². The monoisotopic (exact) mass is 451 g/mol. The van der Waals surface area contributed by atoms with Crippen molar-refractivity contribution in [2.24, 2.45) is 11.3 Å². The second-order valence-electron chi connectivity index (χ2n) is 9.24. The molecular weight excluding hydrogens is 421 g/mol. The fourth-order valence-electron chi connectivity index (χ4n) is 5.30. The minimum atomic E-state index is -0.584. The summed E-state index contributed by atoms with van der Waals surface area (Å²) in [6, 6.07) is 4.66. The Morgan fingerprint density at radius 3 is 2.84 bits per heavy atom. The summed E-state index contributed by atoms with van der Waals surface area (Å²) >= 11 is 5.65. The molecule has 0 radical (unpaired) electrons. The lowest BCUT2D eigenvalue weighted by Gasteiger charge is -2.36. The third kappa shape index (κ3) is 5.32. The SMILES string of the molecule is O=C(COc1ccc(Cl)c(F)c1)NC1CC2(C(=O)NCCCC3CCCCN3)CC1C2. The molecule has 4 aliphatic rings. The lowest BCUT2D eigenvalue weighted by atomic mass is 9.69. The summed E-state index contributed by atoms with van der Waals surface area (Å²) in [4.78, 5) is 25.0. The molecule has 3 saturated carbocycles. The number of nitrogens with one attached hydrogen (secondary N) is 3. The number of amides is 2. The van der Waals surface area contributed by atoms with Gasteiger partial charge in [0, 0.05) is 24.7 Å². The summed E-state index contributed by atoms with van der Waals surface area (Å²) in [6.07, 6.45) is 8.22. The highest BCUT2D eigenvalue weighted by atomic mass is 35.5. The van der Waals surface area contributed by atoms with Crippen LogP contribution in [-0.4, -0.2) is 43.6 Å². The number of ether oxygens (including phenoxy) is 1. The van der Waals surface area contributed by atoms with Crippen LogP contribution in [0.25, 0.3) is 0 Å². The van der Waals surface area contributed by atoms with E-state index in [0.717, 1.165) is 38.3 Å². The van der Waals surface area contributed by atoms with Gasteiger partial charge < -0.3 is 20.7 Å². The molecule has 1 heterocycles. The van der Waals surface area contributed by atoms with Crippen LogP contribution in [0.2, 0.25) is 5.02 Å². The zero-order valence-corrected chi connectivity index (χ0v) is 18.5. The molecule has 0 spiro atoms. The highest BCUT2D eigenvalue weighted by molar-refractivity contribution is 6.30. The van der Waals surface area contributed by atoms with Crippen LogP contribution >= 0.6 is 11.6 Å². The molecule has 2 unspecified atom stereocenters. The van der Waals surface area contributed by atoms with E-state index in [1.54, 1.807) is 0 Å². The first kappa shape index (κ1) is 22.3. The van der Waals surface area contributed by atoms with E-state index in [-0.39, 0.29) is 40.7 Å². The molecule has 8 heteroatoms. The summed E-state index contributed by atoms with van der Waals surface area (Å²) in [5, 5.41) is 9.66. The van der Waals surface area contributed by atoms with E-state index in [4.69, 9.17) is 16.3 Å². The number of carbonyl (C=O) groups is 2. The topological polar surface area (TPSA) is 79.5 Å². The molecule has 4 fully saturated rings. The van der Waals surface area contributed by atoms with Crippen LogP contribution in [0.1, 0.15) is 51.4 Å². The number of hydrogen-bond acceptors (Lipinski definition) is 4. The first-order valence-corrected chi connectivity index (χ1v) is 11.7. The first-order chi connectivity index (χ1) is 14.9. The first-order valence-electron chi connectivity index (χ1n) is 11.3. The second-order valence-corrected chi connectivity index (χ2v) is 9.64. The molecule has 1 aromatic carbocycles. The van der Waals surface area contributed by atoms with Crippen molar-refractivity contribution in [3.05, 3.63) is 29.0 Å². The van der Waals surface area contributed by atoms with Crippen LogP contribution in [0.15, 0.2) is 18.2 Å².